The molecule has 7 nitrogen and oxygen atoms in total. The van der Waals surface area contributed by atoms with Crippen LogP contribution in [-0.2, 0) is 9.59 Å². The van der Waals surface area contributed by atoms with Crippen LogP contribution in [0.15, 0.2) is 24.4 Å². The number of nitrogens with one attached hydrogen (secondary N) is 2. The molecule has 33 heavy (non-hydrogen) atoms. The number of amides is 2. The van der Waals surface area contributed by atoms with Crippen molar-refractivity contribution in [2.24, 2.45) is 5.92 Å². The summed E-state index contributed by atoms with van der Waals surface area (Å²) in [6, 6.07) is 5.96. The molecule has 2 aromatic heterocycles. The molecule has 0 atom stereocenters. The van der Waals surface area contributed by atoms with E-state index in [1.807, 2.05) is 36.9 Å². The number of likely N-dealkylation sites (tertiary alicyclic amines) is 1. The number of hydrogen-bond acceptors (Lipinski definition) is 6. The molecule has 1 saturated heterocycles. The summed E-state index contributed by atoms with van der Waals surface area (Å²) in [7, 11) is 0. The van der Waals surface area contributed by atoms with Crippen LogP contribution in [0.25, 0.3) is 0 Å². The fraction of sp³-hybridized carbons (Fsp3) is 0.583. The number of piperidine rings is 1. The zero-order chi connectivity index (χ0) is 23.4. The lowest BCUT2D eigenvalue weighted by Crippen LogP contribution is -2.62. The molecule has 178 valence electrons. The number of aromatic nitrogens is 2. The van der Waals surface area contributed by atoms with Crippen LogP contribution in [0.5, 0.6) is 0 Å². The minimum atomic E-state index is -0.733. The van der Waals surface area contributed by atoms with E-state index in [1.54, 1.807) is 6.20 Å². The molecule has 0 unspecified atom stereocenters. The molecule has 3 heterocycles. The Kier molecular flexibility index (Phi) is 7.54. The first-order valence-electron chi connectivity index (χ1n) is 11.8. The molecule has 2 N–H and O–H groups in total. The van der Waals surface area contributed by atoms with Gasteiger partial charge >= 0.3 is 0 Å². The maximum atomic E-state index is 13.6. The highest BCUT2D eigenvalue weighted by Crippen LogP contribution is 2.34. The molecule has 9 heteroatoms. The molecule has 0 bridgehead atoms. The summed E-state index contributed by atoms with van der Waals surface area (Å²) in [6.45, 7) is 5.12. The van der Waals surface area contributed by atoms with Gasteiger partial charge in [-0.25, -0.2) is 9.97 Å². The van der Waals surface area contributed by atoms with E-state index in [4.69, 9.17) is 16.6 Å². The molecule has 1 aliphatic heterocycles. The van der Waals surface area contributed by atoms with Crippen LogP contribution in [0.2, 0.25) is 4.34 Å². The van der Waals surface area contributed by atoms with E-state index in [2.05, 4.69) is 15.6 Å². The van der Waals surface area contributed by atoms with E-state index in [9.17, 15) is 9.59 Å². The second-order valence-electron chi connectivity index (χ2n) is 9.40. The fourth-order valence-corrected chi connectivity index (χ4v) is 5.60. The zero-order valence-corrected chi connectivity index (χ0v) is 20.8. The largest absolute Gasteiger partial charge is 0.341 e. The van der Waals surface area contributed by atoms with Crippen LogP contribution in [-0.4, -0.2) is 45.3 Å². The predicted octanol–water partition coefficient (Wildman–Crippen LogP) is 5.12. The van der Waals surface area contributed by atoms with Gasteiger partial charge in [0, 0.05) is 30.6 Å². The molecule has 1 saturated carbocycles. The van der Waals surface area contributed by atoms with Crippen LogP contribution in [0.3, 0.4) is 0 Å². The summed E-state index contributed by atoms with van der Waals surface area (Å²) in [6.07, 6.45) is 7.90. The highest BCUT2D eigenvalue weighted by molar-refractivity contribution is 7.19. The van der Waals surface area contributed by atoms with E-state index < -0.39 is 5.54 Å². The van der Waals surface area contributed by atoms with Crippen molar-refractivity contribution in [1.82, 2.24) is 20.2 Å². The Hall–Kier alpha value is -2.19. The number of nitrogens with zero attached hydrogens (tertiary/aromatic N) is 3. The minimum absolute atomic E-state index is 0.0323. The summed E-state index contributed by atoms with van der Waals surface area (Å²) in [4.78, 5) is 37.1. The SMILES string of the molecule is CC(C)C(=O)NC1(C(=O)N2CCC(c3cccc(Nc4ncc(Cl)s4)n3)CC2)CCCCC1. The summed E-state index contributed by atoms with van der Waals surface area (Å²) in [5.74, 6) is 0.973. The third kappa shape index (κ3) is 5.66. The van der Waals surface area contributed by atoms with Gasteiger partial charge < -0.3 is 15.5 Å². The van der Waals surface area contributed by atoms with Crippen molar-refractivity contribution in [2.45, 2.75) is 70.3 Å². The van der Waals surface area contributed by atoms with Gasteiger partial charge in [-0.3, -0.25) is 9.59 Å². The summed E-state index contributed by atoms with van der Waals surface area (Å²) < 4.78 is 0.631. The van der Waals surface area contributed by atoms with Gasteiger partial charge in [-0.15, -0.1) is 0 Å². The Balaban J connectivity index is 1.40. The normalized spacial score (nSPS) is 18.8. The van der Waals surface area contributed by atoms with Crippen LogP contribution >= 0.6 is 22.9 Å². The minimum Gasteiger partial charge on any atom is -0.341 e. The number of rotatable bonds is 6. The number of halogens is 1. The maximum Gasteiger partial charge on any atom is 0.248 e. The van der Waals surface area contributed by atoms with Crippen molar-refractivity contribution in [3.05, 3.63) is 34.4 Å². The lowest BCUT2D eigenvalue weighted by Gasteiger charge is -2.42. The quantitative estimate of drug-likeness (QED) is 0.588. The smallest absolute Gasteiger partial charge is 0.248 e. The molecule has 0 spiro atoms. The third-order valence-corrected chi connectivity index (χ3v) is 7.72. The highest BCUT2D eigenvalue weighted by atomic mass is 35.5. The first-order chi connectivity index (χ1) is 15.9. The lowest BCUT2D eigenvalue weighted by molar-refractivity contribution is -0.145. The Morgan fingerprint density at radius 1 is 1.18 bits per heavy atom. The van der Waals surface area contributed by atoms with Gasteiger partial charge in [0.25, 0.3) is 0 Å². The van der Waals surface area contributed by atoms with Gasteiger partial charge in [0.05, 0.1) is 6.20 Å². The number of anilines is 2. The molecule has 2 amide bonds. The van der Waals surface area contributed by atoms with Crippen molar-refractivity contribution in [3.63, 3.8) is 0 Å². The molecule has 2 aromatic rings. The molecule has 4 rings (SSSR count). The second-order valence-corrected chi connectivity index (χ2v) is 11.1. The Morgan fingerprint density at radius 3 is 2.55 bits per heavy atom. The average Bonchev–Trinajstić information content (AvgIpc) is 3.23. The zero-order valence-electron chi connectivity index (χ0n) is 19.3. The fourth-order valence-electron chi connectivity index (χ4n) is 4.78. The van der Waals surface area contributed by atoms with Gasteiger partial charge in [0.15, 0.2) is 5.13 Å². The Labute approximate surface area is 204 Å². The van der Waals surface area contributed by atoms with Gasteiger partial charge in [0.1, 0.15) is 15.7 Å². The first-order valence-corrected chi connectivity index (χ1v) is 13.0. The lowest BCUT2D eigenvalue weighted by atomic mass is 9.79. The van der Waals surface area contributed by atoms with Crippen LogP contribution in [0, 0.1) is 5.92 Å². The number of thiazole rings is 1. The van der Waals surface area contributed by atoms with Gasteiger partial charge in [0.2, 0.25) is 11.8 Å². The molecule has 2 fully saturated rings. The van der Waals surface area contributed by atoms with Crippen molar-refractivity contribution in [3.8, 4) is 0 Å². The predicted molar refractivity (Wildman–Crippen MR) is 132 cm³/mol. The Bertz CT molecular complexity index is 981. The molecule has 1 aliphatic carbocycles. The van der Waals surface area contributed by atoms with Gasteiger partial charge in [-0.1, -0.05) is 62.1 Å². The van der Waals surface area contributed by atoms with Crippen LogP contribution in [0.1, 0.15) is 70.4 Å². The van der Waals surface area contributed by atoms with E-state index in [1.165, 1.54) is 11.3 Å². The second kappa shape index (κ2) is 10.4. The van der Waals surface area contributed by atoms with Crippen molar-refractivity contribution >= 4 is 45.7 Å². The monoisotopic (exact) mass is 489 g/mol. The van der Waals surface area contributed by atoms with Gasteiger partial charge in [-0.2, -0.15) is 0 Å². The molecular formula is C24H32ClN5O2S. The molecule has 2 aliphatic rings. The van der Waals surface area contributed by atoms with E-state index in [-0.39, 0.29) is 17.7 Å². The van der Waals surface area contributed by atoms with Crippen molar-refractivity contribution < 1.29 is 9.59 Å². The maximum absolute atomic E-state index is 13.6. The highest BCUT2D eigenvalue weighted by Gasteiger charge is 2.44. The van der Waals surface area contributed by atoms with E-state index in [0.717, 1.165) is 56.5 Å². The standard InChI is InChI=1S/C24H32ClN5O2S/c1-16(2)21(31)29-24(11-4-3-5-12-24)22(32)30-13-9-17(10-14-30)18-7-6-8-20(27-18)28-23-26-15-19(25)33-23/h6-8,15-17H,3-5,9-14H2,1-2H3,(H,29,31)(H,26,27,28). The number of hydrogen-bond donors (Lipinski definition) is 2. The first kappa shape index (κ1) is 24.0. The number of pyridine rings is 1. The average molecular weight is 490 g/mol. The molecular weight excluding hydrogens is 458 g/mol. The topological polar surface area (TPSA) is 87.2 Å². The summed E-state index contributed by atoms with van der Waals surface area (Å²) >= 11 is 7.34. The summed E-state index contributed by atoms with van der Waals surface area (Å²) in [5, 5.41) is 7.07. The van der Waals surface area contributed by atoms with Gasteiger partial charge in [-0.05, 0) is 37.8 Å². The summed E-state index contributed by atoms with van der Waals surface area (Å²) in [5.41, 5.74) is 0.291. The van der Waals surface area contributed by atoms with Crippen LogP contribution < -0.4 is 10.6 Å². The van der Waals surface area contributed by atoms with E-state index in [0.29, 0.717) is 28.5 Å². The number of carbonyl (C=O) groups excluding carboxylic acids is 2. The molecule has 0 aromatic carbocycles. The third-order valence-electron chi connectivity index (χ3n) is 6.69. The van der Waals surface area contributed by atoms with Crippen LogP contribution in [0.4, 0.5) is 10.9 Å². The van der Waals surface area contributed by atoms with Crippen molar-refractivity contribution in [1.29, 1.82) is 0 Å². The van der Waals surface area contributed by atoms with E-state index >= 15 is 0 Å². The molecule has 0 radical (unpaired) electrons. The van der Waals surface area contributed by atoms with Crippen molar-refractivity contribution in [2.75, 3.05) is 18.4 Å². The number of carbonyl (C=O) groups is 2. The Morgan fingerprint density at radius 2 is 1.91 bits per heavy atom.